The van der Waals surface area contributed by atoms with E-state index in [4.69, 9.17) is 22.1 Å². The maximum atomic E-state index is 5.82. The first-order chi connectivity index (χ1) is 7.65. The molecule has 0 aliphatic rings. The molecule has 0 atom stereocenters. The summed E-state index contributed by atoms with van der Waals surface area (Å²) in [5, 5.41) is 9.38. The summed E-state index contributed by atoms with van der Waals surface area (Å²) in [7, 11) is 0. The zero-order valence-electron chi connectivity index (χ0n) is 7.98. The summed E-state index contributed by atoms with van der Waals surface area (Å²) >= 11 is 10.5. The molecule has 0 saturated carbocycles. The van der Waals surface area contributed by atoms with Crippen molar-refractivity contribution in [2.24, 2.45) is 0 Å². The lowest BCUT2D eigenvalue weighted by Crippen LogP contribution is -1.95. The Morgan fingerprint density at radius 3 is 2.88 bits per heavy atom. The van der Waals surface area contributed by atoms with Crippen LogP contribution in [0, 0.1) is 0 Å². The molecule has 0 aliphatic heterocycles. The molecular weight excluding hydrogens is 314 g/mol. The van der Waals surface area contributed by atoms with Gasteiger partial charge in [0.1, 0.15) is 12.4 Å². The SMILES string of the molecule is Nc1nnc(COc2ccc(Cl)cc2Br)s1. The molecule has 0 aliphatic carbocycles. The monoisotopic (exact) mass is 319 g/mol. The predicted octanol–water partition coefficient (Wildman–Crippen LogP) is 3.12. The standard InChI is InChI=1S/C9H7BrClN3OS/c10-6-3-5(11)1-2-7(6)15-4-8-13-14-9(12)16-8/h1-3H,4H2,(H2,12,14). The minimum absolute atomic E-state index is 0.342. The van der Waals surface area contributed by atoms with Crippen LogP contribution in [0.15, 0.2) is 22.7 Å². The Kier molecular flexibility index (Phi) is 3.63. The van der Waals surface area contributed by atoms with Gasteiger partial charge in [-0.25, -0.2) is 0 Å². The smallest absolute Gasteiger partial charge is 0.203 e. The number of hydrogen-bond donors (Lipinski definition) is 1. The first-order valence-electron chi connectivity index (χ1n) is 4.31. The third-order valence-corrected chi connectivity index (χ3v) is 3.31. The van der Waals surface area contributed by atoms with Gasteiger partial charge in [-0.05, 0) is 34.1 Å². The Hall–Kier alpha value is -0.850. The Morgan fingerprint density at radius 2 is 2.25 bits per heavy atom. The molecule has 1 aromatic carbocycles. The van der Waals surface area contributed by atoms with Crippen molar-refractivity contribution < 1.29 is 4.74 Å². The number of halogens is 2. The number of aromatic nitrogens is 2. The molecule has 2 N–H and O–H groups in total. The third kappa shape index (κ3) is 2.84. The van der Waals surface area contributed by atoms with E-state index in [0.29, 0.717) is 22.5 Å². The molecule has 0 fully saturated rings. The average Bonchev–Trinajstić information content (AvgIpc) is 2.63. The highest BCUT2D eigenvalue weighted by atomic mass is 79.9. The van der Waals surface area contributed by atoms with Crippen LogP contribution >= 0.6 is 38.9 Å². The summed E-state index contributed by atoms with van der Waals surface area (Å²) in [6, 6.07) is 5.32. The maximum absolute atomic E-state index is 5.82. The Labute approximate surface area is 110 Å². The first-order valence-corrected chi connectivity index (χ1v) is 6.29. The predicted molar refractivity (Wildman–Crippen MR) is 67.8 cm³/mol. The van der Waals surface area contributed by atoms with Gasteiger partial charge >= 0.3 is 0 Å². The van der Waals surface area contributed by atoms with Crippen LogP contribution in [0.5, 0.6) is 5.75 Å². The fourth-order valence-electron chi connectivity index (χ4n) is 1.06. The fourth-order valence-corrected chi connectivity index (χ4v) is 2.38. The van der Waals surface area contributed by atoms with Crippen molar-refractivity contribution in [1.82, 2.24) is 10.2 Å². The molecule has 0 radical (unpaired) electrons. The average molecular weight is 321 g/mol. The summed E-state index contributed by atoms with van der Waals surface area (Å²) in [5.74, 6) is 0.707. The fraction of sp³-hybridized carbons (Fsp3) is 0.111. The van der Waals surface area contributed by atoms with Crippen LogP contribution in [0.4, 0.5) is 5.13 Å². The molecule has 2 aromatic rings. The molecule has 0 spiro atoms. The van der Waals surface area contributed by atoms with Gasteiger partial charge in [-0.2, -0.15) is 0 Å². The van der Waals surface area contributed by atoms with E-state index in [9.17, 15) is 0 Å². The third-order valence-electron chi connectivity index (χ3n) is 1.73. The molecule has 0 saturated heterocycles. The topological polar surface area (TPSA) is 61.0 Å². The van der Waals surface area contributed by atoms with Gasteiger partial charge in [-0.1, -0.05) is 22.9 Å². The van der Waals surface area contributed by atoms with Crippen LogP contribution in [0.1, 0.15) is 5.01 Å². The lowest BCUT2D eigenvalue weighted by atomic mass is 10.3. The molecule has 2 rings (SSSR count). The highest BCUT2D eigenvalue weighted by Crippen LogP contribution is 2.28. The summed E-state index contributed by atoms with van der Waals surface area (Å²) in [4.78, 5) is 0. The molecule has 0 unspecified atom stereocenters. The molecule has 1 heterocycles. The van der Waals surface area contributed by atoms with Crippen LogP contribution in [0.2, 0.25) is 5.02 Å². The van der Waals surface area contributed by atoms with E-state index < -0.39 is 0 Å². The summed E-state index contributed by atoms with van der Waals surface area (Å²) in [6.07, 6.45) is 0. The number of benzene rings is 1. The maximum Gasteiger partial charge on any atom is 0.203 e. The van der Waals surface area contributed by atoms with E-state index in [1.807, 2.05) is 0 Å². The van der Waals surface area contributed by atoms with Crippen molar-refractivity contribution in [3.05, 3.63) is 32.7 Å². The van der Waals surface area contributed by atoms with E-state index in [1.165, 1.54) is 11.3 Å². The number of rotatable bonds is 3. The van der Waals surface area contributed by atoms with Gasteiger partial charge in [-0.15, -0.1) is 10.2 Å². The number of anilines is 1. The van der Waals surface area contributed by atoms with Crippen LogP contribution in [-0.2, 0) is 6.61 Å². The van der Waals surface area contributed by atoms with E-state index in [0.717, 1.165) is 9.48 Å². The molecule has 1 aromatic heterocycles. The Morgan fingerprint density at radius 1 is 1.44 bits per heavy atom. The molecule has 4 nitrogen and oxygen atoms in total. The van der Waals surface area contributed by atoms with Crippen molar-refractivity contribution in [1.29, 1.82) is 0 Å². The van der Waals surface area contributed by atoms with Crippen molar-refractivity contribution in [3.8, 4) is 5.75 Å². The van der Waals surface area contributed by atoms with Crippen molar-refractivity contribution in [2.75, 3.05) is 5.73 Å². The van der Waals surface area contributed by atoms with Gasteiger partial charge in [0.25, 0.3) is 0 Å². The first kappa shape index (κ1) is 11.6. The zero-order valence-corrected chi connectivity index (χ0v) is 11.1. The highest BCUT2D eigenvalue weighted by molar-refractivity contribution is 9.10. The molecule has 0 bridgehead atoms. The Balaban J connectivity index is 2.04. The number of nitrogens with two attached hydrogens (primary N) is 1. The zero-order chi connectivity index (χ0) is 11.5. The summed E-state index contributed by atoms with van der Waals surface area (Å²) in [5.41, 5.74) is 5.46. The quantitative estimate of drug-likeness (QED) is 0.944. The van der Waals surface area contributed by atoms with Crippen molar-refractivity contribution >= 4 is 44.0 Å². The normalized spacial score (nSPS) is 10.4. The van der Waals surface area contributed by atoms with Gasteiger partial charge in [0.05, 0.1) is 4.47 Å². The van der Waals surface area contributed by atoms with Crippen LogP contribution < -0.4 is 10.5 Å². The van der Waals surface area contributed by atoms with E-state index in [-0.39, 0.29) is 0 Å². The lowest BCUT2D eigenvalue weighted by molar-refractivity contribution is 0.302. The van der Waals surface area contributed by atoms with Gasteiger partial charge in [-0.3, -0.25) is 0 Å². The van der Waals surface area contributed by atoms with Gasteiger partial charge in [0.2, 0.25) is 5.13 Å². The molecule has 16 heavy (non-hydrogen) atoms. The molecular formula is C9H7BrClN3OS. The minimum atomic E-state index is 0.342. The molecule has 0 amide bonds. The number of nitrogen functional groups attached to an aromatic ring is 1. The van der Waals surface area contributed by atoms with E-state index in [1.54, 1.807) is 18.2 Å². The number of ether oxygens (including phenoxy) is 1. The number of hydrogen-bond acceptors (Lipinski definition) is 5. The summed E-state index contributed by atoms with van der Waals surface area (Å²) in [6.45, 7) is 0.342. The summed E-state index contributed by atoms with van der Waals surface area (Å²) < 4.78 is 6.34. The molecule has 7 heteroatoms. The lowest BCUT2D eigenvalue weighted by Gasteiger charge is -2.05. The molecule has 84 valence electrons. The van der Waals surface area contributed by atoms with Gasteiger partial charge < -0.3 is 10.5 Å². The van der Waals surface area contributed by atoms with E-state index in [2.05, 4.69) is 26.1 Å². The second-order valence-electron chi connectivity index (χ2n) is 2.90. The van der Waals surface area contributed by atoms with Crippen LogP contribution in [-0.4, -0.2) is 10.2 Å². The van der Waals surface area contributed by atoms with Crippen LogP contribution in [0.25, 0.3) is 0 Å². The van der Waals surface area contributed by atoms with E-state index >= 15 is 0 Å². The second kappa shape index (κ2) is 4.99. The number of nitrogens with zero attached hydrogens (tertiary/aromatic N) is 2. The van der Waals surface area contributed by atoms with Crippen molar-refractivity contribution in [2.45, 2.75) is 6.61 Å². The highest BCUT2D eigenvalue weighted by Gasteiger charge is 2.05. The second-order valence-corrected chi connectivity index (χ2v) is 5.28. The van der Waals surface area contributed by atoms with Crippen molar-refractivity contribution in [3.63, 3.8) is 0 Å². The largest absolute Gasteiger partial charge is 0.485 e. The Bertz CT molecular complexity index is 505. The minimum Gasteiger partial charge on any atom is -0.485 e. The van der Waals surface area contributed by atoms with Gasteiger partial charge in [0.15, 0.2) is 5.01 Å². The van der Waals surface area contributed by atoms with Gasteiger partial charge in [0, 0.05) is 5.02 Å². The van der Waals surface area contributed by atoms with Crippen LogP contribution in [0.3, 0.4) is 0 Å².